The molecule has 0 saturated carbocycles. The van der Waals surface area contributed by atoms with Gasteiger partial charge in [-0.25, -0.2) is 0 Å². The molecule has 2 nitrogen and oxygen atoms in total. The van der Waals surface area contributed by atoms with Gasteiger partial charge in [-0.15, -0.1) is 11.3 Å². The lowest BCUT2D eigenvalue weighted by Gasteiger charge is -2.40. The Morgan fingerprint density at radius 2 is 0.879 bits per heavy atom. The van der Waals surface area contributed by atoms with E-state index in [9.17, 15) is 0 Å². The Morgan fingerprint density at radius 3 is 1.62 bits per heavy atom. The summed E-state index contributed by atoms with van der Waals surface area (Å²) < 4.78 is 9.29. The third kappa shape index (κ3) is 4.57. The molecule has 4 aliphatic rings. The van der Waals surface area contributed by atoms with Gasteiger partial charge in [-0.3, -0.25) is 0 Å². The molecule has 15 rings (SSSR count). The summed E-state index contributed by atoms with van der Waals surface area (Å²) >= 11 is 3.77. The molecule has 66 heavy (non-hydrogen) atoms. The van der Waals surface area contributed by atoms with Crippen molar-refractivity contribution in [1.29, 1.82) is 0 Å². The molecule has 2 spiro atoms. The second-order valence-electron chi connectivity index (χ2n) is 17.8. The van der Waals surface area contributed by atoms with Gasteiger partial charge in [-0.05, 0) is 105 Å². The van der Waals surface area contributed by atoms with E-state index in [-0.39, 0.29) is 0 Å². The Hall–Kier alpha value is -7.63. The number of hydrogen-bond donors (Lipinski definition) is 0. The zero-order valence-corrected chi connectivity index (χ0v) is 37.2. The van der Waals surface area contributed by atoms with Crippen LogP contribution < -0.4 is 9.64 Å². The van der Waals surface area contributed by atoms with Gasteiger partial charge >= 0.3 is 0 Å². The van der Waals surface area contributed by atoms with Gasteiger partial charge in [0, 0.05) is 47.6 Å². The van der Waals surface area contributed by atoms with E-state index in [2.05, 4.69) is 229 Å². The number of anilines is 3. The Morgan fingerprint density at radius 1 is 0.364 bits per heavy atom. The smallest absolute Gasteiger partial charge is 0.132 e. The molecule has 0 radical (unpaired) electrons. The molecular weight excluding hydrogens is 839 g/mol. The third-order valence-electron chi connectivity index (χ3n) is 14.8. The van der Waals surface area contributed by atoms with Crippen molar-refractivity contribution in [3.63, 3.8) is 0 Å². The van der Waals surface area contributed by atoms with Crippen molar-refractivity contribution < 1.29 is 4.74 Å². The minimum Gasteiger partial charge on any atom is -0.457 e. The zero-order valence-electron chi connectivity index (χ0n) is 35.5. The molecule has 1 aromatic heterocycles. The summed E-state index contributed by atoms with van der Waals surface area (Å²) in [4.78, 5) is 5.20. The van der Waals surface area contributed by atoms with Crippen molar-refractivity contribution in [2.45, 2.75) is 20.6 Å². The van der Waals surface area contributed by atoms with Crippen molar-refractivity contribution in [3.8, 4) is 33.8 Å². The highest BCUT2D eigenvalue weighted by atomic mass is 32.2. The van der Waals surface area contributed by atoms with Crippen LogP contribution in [0.1, 0.15) is 44.5 Å². The number of ether oxygens (including phenoxy) is 1. The summed E-state index contributed by atoms with van der Waals surface area (Å²) in [5, 5.41) is 2.56. The van der Waals surface area contributed by atoms with Gasteiger partial charge in [0.25, 0.3) is 0 Å². The standard InChI is InChI=1S/C62H37NOS2/c1-4-21-44-39(17-1)43-37-38(35-36-46(43)61(44)49-25-8-13-33-57(49)65-58-34-14-9-26-50(58)61)63(53-29-15-20-41-40-18-3-12-32-56(40)66-60(41)53)52-28-16-27-51-59(52)42-19-2-5-22-45(42)62(51)47-23-6-10-30-54(47)64-55-31-11-7-24-48(55)62/h1-37H. The van der Waals surface area contributed by atoms with E-state index in [1.807, 2.05) is 23.1 Å². The van der Waals surface area contributed by atoms with Crippen molar-refractivity contribution in [2.24, 2.45) is 0 Å². The Kier molecular flexibility index (Phi) is 7.48. The molecule has 0 atom stereocenters. The van der Waals surface area contributed by atoms with E-state index < -0.39 is 10.8 Å². The molecule has 0 amide bonds. The maximum atomic E-state index is 6.74. The lowest BCUT2D eigenvalue weighted by Crippen LogP contribution is -2.32. The molecule has 2 aliphatic carbocycles. The lowest BCUT2D eigenvalue weighted by atomic mass is 9.66. The molecule has 0 unspecified atom stereocenters. The molecule has 0 fully saturated rings. The van der Waals surface area contributed by atoms with Crippen LogP contribution in [0.2, 0.25) is 0 Å². The van der Waals surface area contributed by atoms with Crippen molar-refractivity contribution in [1.82, 2.24) is 0 Å². The van der Waals surface area contributed by atoms with Crippen molar-refractivity contribution >= 4 is 60.3 Å². The monoisotopic (exact) mass is 875 g/mol. The topological polar surface area (TPSA) is 12.5 Å². The summed E-state index contributed by atoms with van der Waals surface area (Å²) in [7, 11) is 0. The molecule has 4 heteroatoms. The quantitative estimate of drug-likeness (QED) is 0.175. The normalized spacial score (nSPS) is 14.7. The fourth-order valence-corrected chi connectivity index (χ4v) is 14.8. The summed E-state index contributed by atoms with van der Waals surface area (Å²) in [5.41, 5.74) is 17.6. The largest absolute Gasteiger partial charge is 0.457 e. The van der Waals surface area contributed by atoms with Crippen LogP contribution in [0, 0.1) is 0 Å². The average molecular weight is 876 g/mol. The first-order valence-electron chi connectivity index (χ1n) is 22.7. The molecule has 0 bridgehead atoms. The summed E-state index contributed by atoms with van der Waals surface area (Å²) in [6, 6.07) is 83.8. The average Bonchev–Trinajstić information content (AvgIpc) is 4.00. The van der Waals surface area contributed by atoms with Crippen LogP contribution in [0.5, 0.6) is 11.5 Å². The predicted molar refractivity (Wildman–Crippen MR) is 273 cm³/mol. The first-order chi connectivity index (χ1) is 32.7. The van der Waals surface area contributed by atoms with E-state index in [1.165, 1.54) is 91.3 Å². The second-order valence-corrected chi connectivity index (χ2v) is 19.9. The van der Waals surface area contributed by atoms with Gasteiger partial charge in [0.05, 0.1) is 26.9 Å². The Bertz CT molecular complexity index is 3790. The van der Waals surface area contributed by atoms with Gasteiger partial charge in [-0.2, -0.15) is 0 Å². The van der Waals surface area contributed by atoms with Crippen LogP contribution in [-0.2, 0) is 10.8 Å². The van der Waals surface area contributed by atoms with Crippen LogP contribution in [-0.4, -0.2) is 0 Å². The number of hydrogen-bond acceptors (Lipinski definition) is 4. The molecular formula is C62H37NOS2. The van der Waals surface area contributed by atoms with Gasteiger partial charge in [0.1, 0.15) is 11.5 Å². The lowest BCUT2D eigenvalue weighted by molar-refractivity contribution is 0.436. The van der Waals surface area contributed by atoms with E-state index in [4.69, 9.17) is 4.74 Å². The van der Waals surface area contributed by atoms with E-state index in [0.29, 0.717) is 0 Å². The number of nitrogens with zero attached hydrogens (tertiary/aromatic N) is 1. The minimum atomic E-state index is -0.592. The van der Waals surface area contributed by atoms with E-state index in [1.54, 1.807) is 0 Å². The minimum absolute atomic E-state index is 0.456. The highest BCUT2D eigenvalue weighted by molar-refractivity contribution is 7.99. The highest BCUT2D eigenvalue weighted by Gasteiger charge is 2.53. The highest BCUT2D eigenvalue weighted by Crippen LogP contribution is 2.66. The van der Waals surface area contributed by atoms with Gasteiger partial charge in [0.15, 0.2) is 0 Å². The molecule has 2 aliphatic heterocycles. The first-order valence-corrected chi connectivity index (χ1v) is 24.3. The third-order valence-corrected chi connectivity index (χ3v) is 17.2. The van der Waals surface area contributed by atoms with Crippen LogP contribution >= 0.6 is 23.1 Å². The number of para-hydroxylation sites is 2. The van der Waals surface area contributed by atoms with E-state index in [0.717, 1.165) is 34.0 Å². The SMILES string of the molecule is c1ccc2c(c1)Oc1ccccc1C21c2ccccc2-c2c(N(c3ccc4c(c3)-c3ccccc3C43c4ccccc4Sc4ccccc43)c3cccc4c3sc3ccccc34)cccc21. The molecule has 11 aromatic rings. The summed E-state index contributed by atoms with van der Waals surface area (Å²) in [5.74, 6) is 1.79. The number of benzene rings is 10. The molecule has 0 saturated heterocycles. The second kappa shape index (κ2) is 13.5. The number of rotatable bonds is 3. The van der Waals surface area contributed by atoms with Crippen molar-refractivity contribution in [3.05, 3.63) is 269 Å². The number of thiophene rings is 1. The predicted octanol–water partition coefficient (Wildman–Crippen LogP) is 16.8. The molecule has 10 aromatic carbocycles. The van der Waals surface area contributed by atoms with Gasteiger partial charge in [-0.1, -0.05) is 182 Å². The fourth-order valence-electron chi connectivity index (χ4n) is 12.4. The van der Waals surface area contributed by atoms with Crippen molar-refractivity contribution in [2.75, 3.05) is 4.90 Å². The summed E-state index contributed by atoms with van der Waals surface area (Å²) in [6.07, 6.45) is 0. The molecule has 308 valence electrons. The molecule has 3 heterocycles. The van der Waals surface area contributed by atoms with Crippen LogP contribution in [0.3, 0.4) is 0 Å². The summed E-state index contributed by atoms with van der Waals surface area (Å²) in [6.45, 7) is 0. The first kappa shape index (κ1) is 36.7. The van der Waals surface area contributed by atoms with Gasteiger partial charge < -0.3 is 9.64 Å². The molecule has 0 N–H and O–H groups in total. The van der Waals surface area contributed by atoms with E-state index >= 15 is 0 Å². The number of fused-ring (bicyclic) bond motifs is 21. The van der Waals surface area contributed by atoms with Crippen LogP contribution in [0.15, 0.2) is 234 Å². The van der Waals surface area contributed by atoms with Crippen LogP contribution in [0.4, 0.5) is 17.1 Å². The zero-order chi connectivity index (χ0) is 43.1. The Labute approximate surface area is 391 Å². The van der Waals surface area contributed by atoms with Crippen LogP contribution in [0.25, 0.3) is 42.4 Å². The maximum absolute atomic E-state index is 6.74. The van der Waals surface area contributed by atoms with Gasteiger partial charge in [0.2, 0.25) is 0 Å². The Balaban J connectivity index is 1.05. The fraction of sp³-hybridized carbons (Fsp3) is 0.0323. The maximum Gasteiger partial charge on any atom is 0.132 e.